The zero-order valence-corrected chi connectivity index (χ0v) is 23.2. The number of carbonyl (C=O) groups is 3. The van der Waals surface area contributed by atoms with Gasteiger partial charge >= 0.3 is 6.16 Å². The molecule has 1 fully saturated rings. The van der Waals surface area contributed by atoms with Gasteiger partial charge in [-0.05, 0) is 42.5 Å². The van der Waals surface area contributed by atoms with Crippen LogP contribution >= 0.6 is 11.6 Å². The summed E-state index contributed by atoms with van der Waals surface area (Å²) >= 11 is 6.19. The Bertz CT molecular complexity index is 1560. The van der Waals surface area contributed by atoms with Crippen LogP contribution in [0, 0.1) is 18.2 Å². The van der Waals surface area contributed by atoms with E-state index in [1.54, 1.807) is 24.3 Å². The zero-order valence-electron chi connectivity index (χ0n) is 22.4. The van der Waals surface area contributed by atoms with Crippen LogP contribution in [0.25, 0.3) is 0 Å². The van der Waals surface area contributed by atoms with Crippen LogP contribution in [0.1, 0.15) is 39.1 Å². The second kappa shape index (κ2) is 13.5. The van der Waals surface area contributed by atoms with Crippen molar-refractivity contribution in [3.05, 3.63) is 82.1 Å². The molecule has 0 unspecified atom stereocenters. The van der Waals surface area contributed by atoms with Crippen molar-refractivity contribution < 1.29 is 33.4 Å². The van der Waals surface area contributed by atoms with Crippen molar-refractivity contribution in [1.82, 2.24) is 4.90 Å². The average molecular weight is 593 g/mol. The Balaban J connectivity index is 1.48. The van der Waals surface area contributed by atoms with E-state index >= 15 is 4.39 Å². The van der Waals surface area contributed by atoms with Gasteiger partial charge < -0.3 is 30.1 Å². The third-order valence-corrected chi connectivity index (χ3v) is 6.61. The summed E-state index contributed by atoms with van der Waals surface area (Å²) in [5.41, 5.74) is 1.07. The van der Waals surface area contributed by atoms with Crippen molar-refractivity contribution in [2.24, 2.45) is 4.99 Å². The van der Waals surface area contributed by atoms with Crippen LogP contribution in [0.15, 0.2) is 59.6 Å². The SMILES string of the molecule is C#Cc1ccc(NC(=O)c2cc(Cl)cc(OC)c2NC(=O)c2ccc(N=CN3CCC(OC(=O)O)CC3)cc2F)cc1. The van der Waals surface area contributed by atoms with E-state index in [1.807, 2.05) is 4.90 Å². The molecule has 3 N–H and O–H groups in total. The van der Waals surface area contributed by atoms with Gasteiger partial charge in [0.25, 0.3) is 11.8 Å². The first-order valence-corrected chi connectivity index (χ1v) is 13.1. The molecule has 4 rings (SSSR count). The fraction of sp³-hybridized carbons (Fsp3) is 0.200. The van der Waals surface area contributed by atoms with Crippen LogP contribution in [0.2, 0.25) is 5.02 Å². The third kappa shape index (κ3) is 7.56. The molecule has 1 aliphatic rings. The standard InChI is InChI=1S/C30H26ClFN4O6/c1-3-18-4-6-20(7-5-18)34-29(38)24-14-19(31)15-26(41-2)27(24)35-28(37)23-9-8-21(16-25(23)32)33-17-36-12-10-22(11-13-36)42-30(39)40/h1,4-9,14-17,22H,10-13H2,2H3,(H,34,38)(H,35,37)(H,39,40). The van der Waals surface area contributed by atoms with Crippen LogP contribution in [0.3, 0.4) is 0 Å². The lowest BCUT2D eigenvalue weighted by Crippen LogP contribution is -2.36. The Kier molecular flexibility index (Phi) is 9.62. The molecule has 12 heteroatoms. The number of carboxylic acid groups (broad SMARTS) is 1. The fourth-order valence-electron chi connectivity index (χ4n) is 4.25. The summed E-state index contributed by atoms with van der Waals surface area (Å²) in [4.78, 5) is 43.1. The van der Waals surface area contributed by atoms with Crippen molar-refractivity contribution in [3.63, 3.8) is 0 Å². The lowest BCUT2D eigenvalue weighted by atomic mass is 10.1. The monoisotopic (exact) mass is 592 g/mol. The number of amides is 2. The van der Waals surface area contributed by atoms with Crippen LogP contribution in [0.4, 0.5) is 26.2 Å². The van der Waals surface area contributed by atoms with Crippen LogP contribution in [-0.2, 0) is 4.74 Å². The second-order valence-corrected chi connectivity index (χ2v) is 9.62. The van der Waals surface area contributed by atoms with Gasteiger partial charge in [0, 0.05) is 54.3 Å². The minimum Gasteiger partial charge on any atom is -0.494 e. The Hall–Kier alpha value is -5.08. The summed E-state index contributed by atoms with van der Waals surface area (Å²) in [5.74, 6) is 0.342. The summed E-state index contributed by atoms with van der Waals surface area (Å²) in [5, 5.41) is 14.2. The first kappa shape index (κ1) is 29.9. The van der Waals surface area contributed by atoms with Crippen molar-refractivity contribution in [3.8, 4) is 18.1 Å². The van der Waals surface area contributed by atoms with Crippen LogP contribution < -0.4 is 15.4 Å². The van der Waals surface area contributed by atoms with Gasteiger partial charge in [-0.3, -0.25) is 9.59 Å². The number of benzene rings is 3. The number of nitrogens with one attached hydrogen (secondary N) is 2. The smallest absolute Gasteiger partial charge is 0.494 e. The second-order valence-electron chi connectivity index (χ2n) is 9.19. The van der Waals surface area contributed by atoms with Crippen molar-refractivity contribution >= 4 is 53.0 Å². The summed E-state index contributed by atoms with van der Waals surface area (Å²) < 4.78 is 25.2. The van der Waals surface area contributed by atoms with Crippen LogP contribution in [0.5, 0.6) is 5.75 Å². The summed E-state index contributed by atoms with van der Waals surface area (Å²) in [6, 6.07) is 13.2. The van der Waals surface area contributed by atoms with Gasteiger partial charge in [0.1, 0.15) is 17.7 Å². The Labute approximate surface area is 246 Å². The number of hydrogen-bond donors (Lipinski definition) is 3. The van der Waals surface area contributed by atoms with Crippen molar-refractivity contribution in [2.75, 3.05) is 30.8 Å². The molecule has 10 nitrogen and oxygen atoms in total. The van der Waals surface area contributed by atoms with E-state index in [-0.39, 0.29) is 39.4 Å². The number of piperidine rings is 1. The maximum absolute atomic E-state index is 15.0. The van der Waals surface area contributed by atoms with E-state index in [0.717, 1.165) is 6.07 Å². The first-order valence-electron chi connectivity index (χ1n) is 12.7. The number of methoxy groups -OCH3 is 1. The van der Waals surface area contributed by atoms with E-state index < -0.39 is 23.8 Å². The van der Waals surface area contributed by atoms with E-state index in [1.165, 1.54) is 37.7 Å². The molecule has 0 spiro atoms. The van der Waals surface area contributed by atoms with Gasteiger partial charge in [-0.1, -0.05) is 17.5 Å². The Morgan fingerprint density at radius 3 is 2.38 bits per heavy atom. The van der Waals surface area contributed by atoms with Crippen molar-refractivity contribution in [1.29, 1.82) is 0 Å². The summed E-state index contributed by atoms with van der Waals surface area (Å²) in [6.45, 7) is 1.05. The molecule has 1 saturated heterocycles. The van der Waals surface area contributed by atoms with E-state index in [9.17, 15) is 14.4 Å². The summed E-state index contributed by atoms with van der Waals surface area (Å²) in [7, 11) is 1.34. The molecule has 42 heavy (non-hydrogen) atoms. The average Bonchev–Trinajstić information content (AvgIpc) is 2.97. The highest BCUT2D eigenvalue weighted by Crippen LogP contribution is 2.34. The molecule has 3 aromatic carbocycles. The van der Waals surface area contributed by atoms with E-state index in [2.05, 4.69) is 21.5 Å². The third-order valence-electron chi connectivity index (χ3n) is 6.39. The number of anilines is 2. The minimum absolute atomic E-state index is 0.00132. The predicted molar refractivity (Wildman–Crippen MR) is 157 cm³/mol. The first-order chi connectivity index (χ1) is 20.2. The Morgan fingerprint density at radius 1 is 1.07 bits per heavy atom. The number of hydrogen-bond acceptors (Lipinski definition) is 6. The molecule has 0 radical (unpaired) electrons. The molecule has 1 aliphatic heterocycles. The molecule has 0 aliphatic carbocycles. The maximum Gasteiger partial charge on any atom is 0.506 e. The number of ether oxygens (including phenoxy) is 2. The topological polar surface area (TPSA) is 130 Å². The van der Waals surface area contributed by atoms with Crippen LogP contribution in [-0.4, -0.2) is 60.6 Å². The van der Waals surface area contributed by atoms with Gasteiger partial charge in [0.05, 0.1) is 36.0 Å². The zero-order chi connectivity index (χ0) is 30.2. The number of halogens is 2. The number of terminal acetylenes is 1. The number of likely N-dealkylation sites (tertiary alicyclic amines) is 1. The normalized spacial score (nSPS) is 13.3. The number of carbonyl (C=O) groups excluding carboxylic acids is 2. The highest BCUT2D eigenvalue weighted by atomic mass is 35.5. The lowest BCUT2D eigenvalue weighted by molar-refractivity contribution is 0.0297. The molecule has 216 valence electrons. The predicted octanol–water partition coefficient (Wildman–Crippen LogP) is 5.79. The molecule has 0 atom stereocenters. The fourth-order valence-corrected chi connectivity index (χ4v) is 4.46. The van der Waals surface area contributed by atoms with Crippen molar-refractivity contribution in [2.45, 2.75) is 18.9 Å². The molecule has 0 saturated carbocycles. The van der Waals surface area contributed by atoms with E-state index in [0.29, 0.717) is 37.2 Å². The largest absolute Gasteiger partial charge is 0.506 e. The highest BCUT2D eigenvalue weighted by molar-refractivity contribution is 6.31. The quantitative estimate of drug-likeness (QED) is 0.131. The van der Waals surface area contributed by atoms with Gasteiger partial charge in [0.15, 0.2) is 0 Å². The Morgan fingerprint density at radius 2 is 1.76 bits per heavy atom. The molecule has 0 bridgehead atoms. The maximum atomic E-state index is 15.0. The number of nitrogens with zero attached hydrogens (tertiary/aromatic N) is 2. The highest BCUT2D eigenvalue weighted by Gasteiger charge is 2.23. The lowest BCUT2D eigenvalue weighted by Gasteiger charge is -2.29. The van der Waals surface area contributed by atoms with Gasteiger partial charge in [0.2, 0.25) is 0 Å². The molecule has 1 heterocycles. The molecular formula is C30H26ClFN4O6. The number of rotatable bonds is 8. The molecule has 2 amide bonds. The number of aliphatic imine (C=N–C) groups is 1. The molecule has 3 aromatic rings. The molecule has 0 aromatic heterocycles. The summed E-state index contributed by atoms with van der Waals surface area (Å²) in [6.07, 6.45) is 6.27. The van der Waals surface area contributed by atoms with Gasteiger partial charge in [-0.25, -0.2) is 14.2 Å². The van der Waals surface area contributed by atoms with Gasteiger partial charge in [-0.2, -0.15) is 0 Å². The molecular weight excluding hydrogens is 567 g/mol. The van der Waals surface area contributed by atoms with E-state index in [4.69, 9.17) is 32.6 Å². The minimum atomic E-state index is -1.30. The van der Waals surface area contributed by atoms with Gasteiger partial charge in [-0.15, -0.1) is 6.42 Å².